The molecule has 2 heterocycles. The summed E-state index contributed by atoms with van der Waals surface area (Å²) in [6.45, 7) is 10.4. The molecular formula is C22H28N4O. The number of anilines is 1. The van der Waals surface area contributed by atoms with E-state index in [0.29, 0.717) is 6.54 Å². The Kier molecular flexibility index (Phi) is 6.60. The van der Waals surface area contributed by atoms with E-state index in [4.69, 9.17) is 4.74 Å². The highest BCUT2D eigenvalue weighted by molar-refractivity contribution is 5.62. The van der Waals surface area contributed by atoms with Crippen molar-refractivity contribution in [2.45, 2.75) is 27.3 Å². The minimum absolute atomic E-state index is 0.711. The summed E-state index contributed by atoms with van der Waals surface area (Å²) < 4.78 is 7.30. The minimum Gasteiger partial charge on any atom is -0.378 e. The van der Waals surface area contributed by atoms with E-state index in [1.54, 1.807) is 0 Å². The summed E-state index contributed by atoms with van der Waals surface area (Å²) in [4.78, 5) is 2.35. The first-order valence-electron chi connectivity index (χ1n) is 9.49. The van der Waals surface area contributed by atoms with Crippen molar-refractivity contribution in [3.05, 3.63) is 65.9 Å². The number of benzene rings is 1. The molecule has 1 aromatic carbocycles. The van der Waals surface area contributed by atoms with Gasteiger partial charge in [0.2, 0.25) is 0 Å². The number of nitrogens with zero attached hydrogens (tertiary/aromatic N) is 4. The Morgan fingerprint density at radius 1 is 1.07 bits per heavy atom. The van der Waals surface area contributed by atoms with Gasteiger partial charge in [-0.15, -0.1) is 5.10 Å². The van der Waals surface area contributed by atoms with Crippen LogP contribution < -0.4 is 4.90 Å². The smallest absolute Gasteiger partial charge is 0.113 e. The second-order valence-electron chi connectivity index (χ2n) is 6.68. The third-order valence-electron chi connectivity index (χ3n) is 4.81. The molecule has 0 bridgehead atoms. The number of ether oxygens (including phenoxy) is 1. The first kappa shape index (κ1) is 19.1. The van der Waals surface area contributed by atoms with Crippen molar-refractivity contribution < 1.29 is 4.74 Å². The zero-order valence-corrected chi connectivity index (χ0v) is 16.4. The van der Waals surface area contributed by atoms with E-state index in [1.165, 1.54) is 16.8 Å². The van der Waals surface area contributed by atoms with Crippen molar-refractivity contribution >= 4 is 5.69 Å². The summed E-state index contributed by atoms with van der Waals surface area (Å²) in [5.74, 6) is 0. The van der Waals surface area contributed by atoms with Crippen LogP contribution in [0.25, 0.3) is 11.3 Å². The van der Waals surface area contributed by atoms with Crippen molar-refractivity contribution in [1.82, 2.24) is 15.0 Å². The number of hydrogen-bond donors (Lipinski definition) is 0. The maximum absolute atomic E-state index is 5.42. The van der Waals surface area contributed by atoms with Gasteiger partial charge in [-0.3, -0.25) is 0 Å². The third-order valence-corrected chi connectivity index (χ3v) is 4.81. The molecule has 0 amide bonds. The molecule has 1 fully saturated rings. The van der Waals surface area contributed by atoms with Gasteiger partial charge in [0.15, 0.2) is 0 Å². The molecule has 1 aliphatic heterocycles. The lowest BCUT2D eigenvalue weighted by Crippen LogP contribution is -2.36. The van der Waals surface area contributed by atoms with Gasteiger partial charge >= 0.3 is 0 Å². The van der Waals surface area contributed by atoms with E-state index in [2.05, 4.69) is 70.7 Å². The Morgan fingerprint density at radius 2 is 1.81 bits per heavy atom. The van der Waals surface area contributed by atoms with Crippen molar-refractivity contribution in [3.8, 4) is 11.3 Å². The molecule has 142 valence electrons. The van der Waals surface area contributed by atoms with E-state index in [0.717, 1.165) is 37.6 Å². The Labute approximate surface area is 161 Å². The maximum atomic E-state index is 5.42. The van der Waals surface area contributed by atoms with Gasteiger partial charge in [0.1, 0.15) is 5.69 Å². The number of rotatable bonds is 6. The lowest BCUT2D eigenvalue weighted by Gasteiger charge is -2.28. The van der Waals surface area contributed by atoms with Gasteiger partial charge in [-0.1, -0.05) is 47.2 Å². The molecule has 0 spiro atoms. The van der Waals surface area contributed by atoms with Crippen molar-refractivity contribution in [2.75, 3.05) is 31.2 Å². The molecule has 0 atom stereocenters. The molecule has 3 rings (SSSR count). The monoisotopic (exact) mass is 364 g/mol. The highest BCUT2D eigenvalue weighted by Crippen LogP contribution is 2.22. The molecule has 1 aliphatic rings. The molecular weight excluding hydrogens is 336 g/mol. The van der Waals surface area contributed by atoms with Crippen LogP contribution >= 0.6 is 0 Å². The van der Waals surface area contributed by atoms with Crippen molar-refractivity contribution in [2.24, 2.45) is 0 Å². The number of allylic oxidation sites excluding steroid dienone is 6. The maximum Gasteiger partial charge on any atom is 0.113 e. The summed E-state index contributed by atoms with van der Waals surface area (Å²) >= 11 is 0. The second-order valence-corrected chi connectivity index (χ2v) is 6.68. The molecule has 0 N–H and O–H groups in total. The first-order valence-corrected chi connectivity index (χ1v) is 9.49. The number of aromatic nitrogens is 3. The van der Waals surface area contributed by atoms with Crippen LogP contribution in [0.4, 0.5) is 5.69 Å². The average molecular weight is 364 g/mol. The van der Waals surface area contributed by atoms with Gasteiger partial charge < -0.3 is 9.64 Å². The van der Waals surface area contributed by atoms with E-state index in [-0.39, 0.29) is 0 Å². The fourth-order valence-corrected chi connectivity index (χ4v) is 2.93. The Hall–Kier alpha value is -2.66. The van der Waals surface area contributed by atoms with Crippen LogP contribution in [0, 0.1) is 0 Å². The van der Waals surface area contributed by atoms with E-state index in [9.17, 15) is 0 Å². The molecule has 0 saturated carbocycles. The molecule has 1 aromatic heterocycles. The fraction of sp³-hybridized carbons (Fsp3) is 0.364. The predicted molar refractivity (Wildman–Crippen MR) is 111 cm³/mol. The normalized spacial score (nSPS) is 16.3. The zero-order chi connectivity index (χ0) is 19.1. The summed E-state index contributed by atoms with van der Waals surface area (Å²) in [6.07, 6.45) is 10.5. The molecule has 0 unspecified atom stereocenters. The van der Waals surface area contributed by atoms with Crippen LogP contribution in [0.3, 0.4) is 0 Å². The molecule has 2 aromatic rings. The zero-order valence-electron chi connectivity index (χ0n) is 16.4. The van der Waals surface area contributed by atoms with Crippen LogP contribution in [-0.2, 0) is 11.3 Å². The molecule has 0 aliphatic carbocycles. The van der Waals surface area contributed by atoms with Crippen LogP contribution in [0.1, 0.15) is 20.8 Å². The Morgan fingerprint density at radius 3 is 2.48 bits per heavy atom. The van der Waals surface area contributed by atoms with Gasteiger partial charge in [0.25, 0.3) is 0 Å². The van der Waals surface area contributed by atoms with Gasteiger partial charge in [0, 0.05) is 24.3 Å². The molecule has 1 saturated heterocycles. The van der Waals surface area contributed by atoms with Gasteiger partial charge in [0.05, 0.1) is 26.0 Å². The summed E-state index contributed by atoms with van der Waals surface area (Å²) in [7, 11) is 0. The highest BCUT2D eigenvalue weighted by atomic mass is 16.5. The van der Waals surface area contributed by atoms with E-state index >= 15 is 0 Å². The quantitative estimate of drug-likeness (QED) is 0.719. The SMILES string of the molecule is C\C=C(C)/C=C\C(=C/C)Cn1cc(-c2ccc(N3CCOCC3)cc2)nn1. The predicted octanol–water partition coefficient (Wildman–Crippen LogP) is 4.25. The number of hydrogen-bond acceptors (Lipinski definition) is 4. The van der Waals surface area contributed by atoms with Crippen LogP contribution in [-0.4, -0.2) is 41.3 Å². The minimum atomic E-state index is 0.711. The molecule has 5 heteroatoms. The molecule has 5 nitrogen and oxygen atoms in total. The Balaban J connectivity index is 1.67. The average Bonchev–Trinajstić information content (AvgIpc) is 3.20. The highest BCUT2D eigenvalue weighted by Gasteiger charge is 2.11. The summed E-state index contributed by atoms with van der Waals surface area (Å²) in [5, 5.41) is 8.63. The van der Waals surface area contributed by atoms with Crippen LogP contribution in [0.15, 0.2) is 65.9 Å². The van der Waals surface area contributed by atoms with Crippen molar-refractivity contribution in [3.63, 3.8) is 0 Å². The lowest BCUT2D eigenvalue weighted by molar-refractivity contribution is 0.122. The van der Waals surface area contributed by atoms with E-state index in [1.807, 2.05) is 24.7 Å². The largest absolute Gasteiger partial charge is 0.378 e. The van der Waals surface area contributed by atoms with Gasteiger partial charge in [-0.05, 0) is 38.5 Å². The Bertz CT molecular complexity index is 824. The van der Waals surface area contributed by atoms with Crippen molar-refractivity contribution in [1.29, 1.82) is 0 Å². The third kappa shape index (κ3) is 5.17. The number of morpholine rings is 1. The first-order chi connectivity index (χ1) is 13.2. The summed E-state index contributed by atoms with van der Waals surface area (Å²) in [5.41, 5.74) is 5.66. The molecule has 0 radical (unpaired) electrons. The standard InChI is InChI=1S/C22H28N4O/c1-4-18(3)6-7-19(5-2)16-26-17-22(23-24-26)20-8-10-21(11-9-20)25-12-14-27-15-13-25/h4-11,17H,12-16H2,1-3H3/b7-6-,18-4-,19-5+. The molecule has 27 heavy (non-hydrogen) atoms. The topological polar surface area (TPSA) is 43.2 Å². The van der Waals surface area contributed by atoms with E-state index < -0.39 is 0 Å². The van der Waals surface area contributed by atoms with Gasteiger partial charge in [-0.25, -0.2) is 4.68 Å². The van der Waals surface area contributed by atoms with Crippen LogP contribution in [0.5, 0.6) is 0 Å². The lowest BCUT2D eigenvalue weighted by atomic mass is 10.1. The van der Waals surface area contributed by atoms with Crippen LogP contribution in [0.2, 0.25) is 0 Å². The van der Waals surface area contributed by atoms with Gasteiger partial charge in [-0.2, -0.15) is 0 Å². The second kappa shape index (κ2) is 9.33. The fourth-order valence-electron chi connectivity index (χ4n) is 2.93. The summed E-state index contributed by atoms with van der Waals surface area (Å²) in [6, 6.07) is 8.54.